The third-order valence-corrected chi connectivity index (χ3v) is 12.3. The molecule has 3 nitrogen and oxygen atoms in total. The number of fused-ring (bicyclic) bond motifs is 6. The van der Waals surface area contributed by atoms with Crippen molar-refractivity contribution in [3.63, 3.8) is 0 Å². The molecule has 0 aliphatic rings. The van der Waals surface area contributed by atoms with E-state index < -0.39 is 0 Å². The lowest BCUT2D eigenvalue weighted by Crippen LogP contribution is -2.09. The molecular formula is C60H39NO2. The topological polar surface area (TPSA) is 29.5 Å². The van der Waals surface area contributed by atoms with Gasteiger partial charge in [0.25, 0.3) is 0 Å². The van der Waals surface area contributed by atoms with Gasteiger partial charge in [0.05, 0.1) is 0 Å². The van der Waals surface area contributed by atoms with Crippen molar-refractivity contribution in [2.45, 2.75) is 0 Å². The maximum absolute atomic E-state index is 6.13. The smallest absolute Gasteiger partial charge is 0.135 e. The van der Waals surface area contributed by atoms with Gasteiger partial charge in [0.15, 0.2) is 0 Å². The van der Waals surface area contributed by atoms with Gasteiger partial charge in [-0.1, -0.05) is 158 Å². The second-order valence-electron chi connectivity index (χ2n) is 16.1. The Bertz CT molecular complexity index is 3420. The first-order valence-corrected chi connectivity index (χ1v) is 21.4. The molecule has 0 saturated carbocycles. The van der Waals surface area contributed by atoms with Gasteiger partial charge in [-0.3, -0.25) is 0 Å². The lowest BCUT2D eigenvalue weighted by molar-refractivity contribution is 0.668. The quantitative estimate of drug-likeness (QED) is 0.153. The molecule has 0 atom stereocenters. The van der Waals surface area contributed by atoms with Crippen LogP contribution in [-0.2, 0) is 0 Å². The molecule has 0 aliphatic carbocycles. The highest BCUT2D eigenvalue weighted by Crippen LogP contribution is 2.40. The average Bonchev–Trinajstić information content (AvgIpc) is 3.93. The first-order chi connectivity index (χ1) is 31.2. The first-order valence-electron chi connectivity index (χ1n) is 21.4. The second kappa shape index (κ2) is 15.3. The van der Waals surface area contributed by atoms with E-state index in [0.29, 0.717) is 0 Å². The summed E-state index contributed by atoms with van der Waals surface area (Å²) in [5, 5.41) is 4.51. The van der Waals surface area contributed by atoms with Gasteiger partial charge in [-0.05, 0) is 134 Å². The van der Waals surface area contributed by atoms with Crippen LogP contribution in [0.5, 0.6) is 0 Å². The monoisotopic (exact) mass is 805 g/mol. The van der Waals surface area contributed by atoms with Gasteiger partial charge in [-0.25, -0.2) is 0 Å². The van der Waals surface area contributed by atoms with Crippen molar-refractivity contribution in [2.75, 3.05) is 4.90 Å². The number of rotatable bonds is 8. The van der Waals surface area contributed by atoms with Crippen LogP contribution < -0.4 is 4.90 Å². The number of hydrogen-bond donors (Lipinski definition) is 0. The van der Waals surface area contributed by atoms with Gasteiger partial charge < -0.3 is 13.7 Å². The number of nitrogens with zero attached hydrogens (tertiary/aromatic N) is 1. The Hall–Kier alpha value is -8.40. The van der Waals surface area contributed by atoms with Crippen LogP contribution in [0.2, 0.25) is 0 Å². The van der Waals surface area contributed by atoms with Crippen molar-refractivity contribution in [1.29, 1.82) is 0 Å². The van der Waals surface area contributed by atoms with Crippen molar-refractivity contribution < 1.29 is 8.83 Å². The zero-order valence-corrected chi connectivity index (χ0v) is 34.3. The van der Waals surface area contributed by atoms with Crippen molar-refractivity contribution in [3.8, 4) is 55.6 Å². The van der Waals surface area contributed by atoms with Crippen LogP contribution in [-0.4, -0.2) is 0 Å². The van der Waals surface area contributed by atoms with Crippen molar-refractivity contribution in [3.05, 3.63) is 237 Å². The summed E-state index contributed by atoms with van der Waals surface area (Å²) >= 11 is 0. The van der Waals surface area contributed by atoms with Gasteiger partial charge in [0, 0.05) is 38.6 Å². The molecule has 0 saturated heterocycles. The maximum Gasteiger partial charge on any atom is 0.135 e. The lowest BCUT2D eigenvalue weighted by Gasteiger charge is -2.26. The summed E-state index contributed by atoms with van der Waals surface area (Å²) in [4.78, 5) is 2.33. The fourth-order valence-corrected chi connectivity index (χ4v) is 9.03. The van der Waals surface area contributed by atoms with Crippen molar-refractivity contribution in [1.82, 2.24) is 0 Å². The third-order valence-electron chi connectivity index (χ3n) is 12.3. The molecule has 0 amide bonds. The summed E-state index contributed by atoms with van der Waals surface area (Å²) in [5.74, 6) is 0. The number of para-hydroxylation sites is 2. The molecule has 10 aromatic carbocycles. The number of furan rings is 2. The van der Waals surface area contributed by atoms with E-state index in [1.165, 1.54) is 33.4 Å². The van der Waals surface area contributed by atoms with E-state index in [1.54, 1.807) is 0 Å². The van der Waals surface area contributed by atoms with E-state index in [1.807, 2.05) is 24.3 Å². The molecule has 0 aliphatic heterocycles. The van der Waals surface area contributed by atoms with Gasteiger partial charge in [-0.15, -0.1) is 0 Å². The number of benzene rings is 10. The Labute approximate surface area is 365 Å². The van der Waals surface area contributed by atoms with Gasteiger partial charge in [0.2, 0.25) is 0 Å². The molecule has 0 spiro atoms. The van der Waals surface area contributed by atoms with E-state index in [-0.39, 0.29) is 0 Å². The minimum Gasteiger partial charge on any atom is -0.456 e. The molecule has 0 unspecified atom stereocenters. The van der Waals surface area contributed by atoms with E-state index in [2.05, 4.69) is 217 Å². The van der Waals surface area contributed by atoms with Crippen LogP contribution in [0.4, 0.5) is 17.1 Å². The molecule has 2 heterocycles. The Morgan fingerprint density at radius 1 is 0.206 bits per heavy atom. The van der Waals surface area contributed by atoms with Gasteiger partial charge >= 0.3 is 0 Å². The van der Waals surface area contributed by atoms with E-state index in [0.717, 1.165) is 83.2 Å². The molecule has 12 rings (SSSR count). The summed E-state index contributed by atoms with van der Waals surface area (Å²) in [6.07, 6.45) is 0. The van der Waals surface area contributed by atoms with Crippen molar-refractivity contribution in [2.24, 2.45) is 0 Å². The number of anilines is 3. The maximum atomic E-state index is 6.13. The molecule has 296 valence electrons. The Kier molecular flexibility index (Phi) is 8.83. The van der Waals surface area contributed by atoms with Crippen LogP contribution >= 0.6 is 0 Å². The fourth-order valence-electron chi connectivity index (χ4n) is 9.03. The Morgan fingerprint density at radius 2 is 0.508 bits per heavy atom. The highest BCUT2D eigenvalue weighted by Gasteiger charge is 2.16. The highest BCUT2D eigenvalue weighted by molar-refractivity contribution is 6.07. The molecule has 3 heteroatoms. The minimum absolute atomic E-state index is 0.900. The average molecular weight is 806 g/mol. The SMILES string of the molecule is c1ccc(-c2cccc(-c3ccc(-c4ccc(N(c5ccc(-c6ccc7oc8ccccc8c7c6)cc5)c5ccc(-c6ccc7oc8ccccc8c7c6)cc5)cc4)cc3)c2)cc1. The standard InChI is InChI=1S/C60H39NO2/c1-2-9-40(10-3-1)46-11-8-12-47(37-46)43-19-17-41(18-20-43)42-21-29-50(30-22-42)61(51-31-23-44(24-32-51)48-27-35-59-55(38-48)53-13-4-6-15-57(53)62-59)52-33-25-45(26-34-52)49-28-36-60-56(39-49)54-14-5-7-16-58(54)63-60/h1-39H. The highest BCUT2D eigenvalue weighted by atomic mass is 16.3. The third kappa shape index (κ3) is 6.73. The van der Waals surface area contributed by atoms with Gasteiger partial charge in [0.1, 0.15) is 22.3 Å². The predicted molar refractivity (Wildman–Crippen MR) is 263 cm³/mol. The molecule has 12 aromatic rings. The summed E-state index contributed by atoms with van der Waals surface area (Å²) < 4.78 is 12.3. The summed E-state index contributed by atoms with van der Waals surface area (Å²) in [5.41, 5.74) is 18.6. The fraction of sp³-hybridized carbons (Fsp3) is 0. The van der Waals surface area contributed by atoms with E-state index in [4.69, 9.17) is 8.83 Å². The zero-order valence-electron chi connectivity index (χ0n) is 34.3. The van der Waals surface area contributed by atoms with E-state index >= 15 is 0 Å². The normalized spacial score (nSPS) is 11.5. The Balaban J connectivity index is 0.875. The molecule has 0 N–H and O–H groups in total. The van der Waals surface area contributed by atoms with Crippen LogP contribution in [0.1, 0.15) is 0 Å². The molecule has 0 radical (unpaired) electrons. The largest absolute Gasteiger partial charge is 0.456 e. The Morgan fingerprint density at radius 3 is 0.952 bits per heavy atom. The zero-order chi connectivity index (χ0) is 41.7. The molecule has 0 bridgehead atoms. The van der Waals surface area contributed by atoms with Crippen molar-refractivity contribution >= 4 is 60.9 Å². The summed E-state index contributed by atoms with van der Waals surface area (Å²) in [6.45, 7) is 0. The number of hydrogen-bond acceptors (Lipinski definition) is 3. The molecule has 0 fully saturated rings. The van der Waals surface area contributed by atoms with Gasteiger partial charge in [-0.2, -0.15) is 0 Å². The summed E-state index contributed by atoms with van der Waals surface area (Å²) in [7, 11) is 0. The summed E-state index contributed by atoms with van der Waals surface area (Å²) in [6, 6.07) is 84.3. The van der Waals surface area contributed by atoms with Crippen LogP contribution in [0, 0.1) is 0 Å². The van der Waals surface area contributed by atoms with Crippen LogP contribution in [0.25, 0.3) is 99.5 Å². The predicted octanol–water partition coefficient (Wildman–Crippen LogP) is 17.3. The van der Waals surface area contributed by atoms with E-state index in [9.17, 15) is 0 Å². The second-order valence-corrected chi connectivity index (χ2v) is 16.1. The molecule has 63 heavy (non-hydrogen) atoms. The molecular weight excluding hydrogens is 767 g/mol. The lowest BCUT2D eigenvalue weighted by atomic mass is 9.97. The van der Waals surface area contributed by atoms with Crippen LogP contribution in [0.3, 0.4) is 0 Å². The first kappa shape index (κ1) is 36.5. The minimum atomic E-state index is 0.900. The molecule has 2 aromatic heterocycles. The van der Waals surface area contributed by atoms with Crippen LogP contribution in [0.15, 0.2) is 245 Å².